The van der Waals surface area contributed by atoms with Crippen molar-refractivity contribution in [2.45, 2.75) is 38.1 Å². The Kier molecular flexibility index (Phi) is 11.3. The highest BCUT2D eigenvalue weighted by Gasteiger charge is 2.26. The number of methoxy groups -OCH3 is 1. The third-order valence-corrected chi connectivity index (χ3v) is 6.22. The normalized spacial score (nSPS) is 11.8. The van der Waals surface area contributed by atoms with Gasteiger partial charge in [0, 0.05) is 13.5 Å². The van der Waals surface area contributed by atoms with E-state index in [0.717, 1.165) is 23.3 Å². The number of hydrogen-bond donors (Lipinski definition) is 2. The number of benzene rings is 2. The minimum Gasteiger partial charge on any atom is -0.493 e. The molecule has 3 aromatic rings. The number of nitrogens with two attached hydrogens (primary N) is 1. The summed E-state index contributed by atoms with van der Waals surface area (Å²) in [6.07, 6.45) is 2.86. The Bertz CT molecular complexity index is 1170. The van der Waals surface area contributed by atoms with Gasteiger partial charge in [-0.3, -0.25) is 9.59 Å². The summed E-state index contributed by atoms with van der Waals surface area (Å²) in [6.45, 7) is 0.841. The van der Waals surface area contributed by atoms with Crippen LogP contribution in [0.2, 0.25) is 10.0 Å². The van der Waals surface area contributed by atoms with E-state index in [-0.39, 0.29) is 12.4 Å². The number of nitrogens with one attached hydrogen (secondary N) is 1. The molecule has 0 radical (unpaired) electrons. The fraction of sp³-hybridized carbons (Fsp3) is 0.385. The summed E-state index contributed by atoms with van der Waals surface area (Å²) < 4.78 is 15.9. The van der Waals surface area contributed by atoms with Gasteiger partial charge in [0.05, 0.1) is 29.1 Å². The third-order valence-electron chi connectivity index (χ3n) is 5.48. The SMILES string of the molecule is COCC(=O)N[C@@H](CCCCN)C(=O)c1noc(Cc2ccc(OCCc3ccc(Cl)c(Cl)c3)cc2)n1. The number of nitrogens with zero attached hydrogens (tertiary/aromatic N) is 2. The van der Waals surface area contributed by atoms with Crippen molar-refractivity contribution in [1.82, 2.24) is 15.5 Å². The lowest BCUT2D eigenvalue weighted by Crippen LogP contribution is -2.42. The fourth-order valence-corrected chi connectivity index (χ4v) is 3.89. The summed E-state index contributed by atoms with van der Waals surface area (Å²) in [5.41, 5.74) is 7.49. The van der Waals surface area contributed by atoms with E-state index in [1.807, 2.05) is 36.4 Å². The number of Topliss-reactive ketones (excluding diaryl/α,β-unsaturated/α-hetero) is 1. The Morgan fingerprint density at radius 2 is 1.84 bits per heavy atom. The Morgan fingerprint density at radius 1 is 1.08 bits per heavy atom. The highest BCUT2D eigenvalue weighted by molar-refractivity contribution is 6.42. The van der Waals surface area contributed by atoms with Crippen molar-refractivity contribution in [2.24, 2.45) is 5.73 Å². The zero-order valence-electron chi connectivity index (χ0n) is 20.5. The molecule has 0 bridgehead atoms. The van der Waals surface area contributed by atoms with E-state index >= 15 is 0 Å². The van der Waals surface area contributed by atoms with Crippen LogP contribution in [0.1, 0.15) is 46.9 Å². The molecule has 0 spiro atoms. The van der Waals surface area contributed by atoms with Crippen LogP contribution >= 0.6 is 23.2 Å². The molecule has 1 atom stereocenters. The molecule has 198 valence electrons. The number of rotatable bonds is 15. The second kappa shape index (κ2) is 14.7. The number of halogens is 2. The van der Waals surface area contributed by atoms with Crippen molar-refractivity contribution in [3.05, 3.63) is 75.4 Å². The number of carbonyl (C=O) groups excluding carboxylic acids is 2. The molecule has 0 aliphatic carbocycles. The molecule has 1 heterocycles. The minimum absolute atomic E-state index is 0.0762. The van der Waals surface area contributed by atoms with Crippen molar-refractivity contribution < 1.29 is 23.6 Å². The van der Waals surface area contributed by atoms with Crippen molar-refractivity contribution in [2.75, 3.05) is 26.9 Å². The standard InChI is InChI=1S/C26H30Cl2N4O5/c1-35-16-23(33)30-22(4-2-3-12-29)25(34)26-31-24(37-32-26)15-17-5-8-19(9-6-17)36-13-11-18-7-10-20(27)21(28)14-18/h5-10,14,22H,2-4,11-13,15-16,29H2,1H3,(H,30,33)/t22-/m0/s1. The molecule has 0 saturated heterocycles. The molecule has 3 rings (SSSR count). The minimum atomic E-state index is -0.778. The summed E-state index contributed by atoms with van der Waals surface area (Å²) in [7, 11) is 1.41. The summed E-state index contributed by atoms with van der Waals surface area (Å²) in [5.74, 6) is 0.129. The number of carbonyl (C=O) groups is 2. The number of ketones is 1. The third kappa shape index (κ3) is 9.12. The number of ether oxygens (including phenoxy) is 2. The second-order valence-electron chi connectivity index (χ2n) is 8.38. The van der Waals surface area contributed by atoms with Crippen LogP contribution in [0, 0.1) is 0 Å². The molecule has 37 heavy (non-hydrogen) atoms. The van der Waals surface area contributed by atoms with Gasteiger partial charge in [-0.2, -0.15) is 4.98 Å². The predicted octanol–water partition coefficient (Wildman–Crippen LogP) is 4.03. The van der Waals surface area contributed by atoms with E-state index in [9.17, 15) is 9.59 Å². The monoisotopic (exact) mass is 548 g/mol. The topological polar surface area (TPSA) is 130 Å². The molecule has 9 nitrogen and oxygen atoms in total. The van der Waals surface area contributed by atoms with E-state index in [1.165, 1.54) is 7.11 Å². The lowest BCUT2D eigenvalue weighted by molar-refractivity contribution is -0.125. The van der Waals surface area contributed by atoms with Gasteiger partial charge < -0.3 is 25.0 Å². The first kappa shape index (κ1) is 28.6. The highest BCUT2D eigenvalue weighted by Crippen LogP contribution is 2.23. The van der Waals surface area contributed by atoms with Gasteiger partial charge in [-0.25, -0.2) is 0 Å². The van der Waals surface area contributed by atoms with Gasteiger partial charge in [-0.15, -0.1) is 0 Å². The quantitative estimate of drug-likeness (QED) is 0.215. The van der Waals surface area contributed by atoms with Crippen LogP contribution in [-0.4, -0.2) is 54.7 Å². The Morgan fingerprint density at radius 3 is 2.54 bits per heavy atom. The van der Waals surface area contributed by atoms with E-state index in [2.05, 4.69) is 15.5 Å². The molecular weight excluding hydrogens is 519 g/mol. The van der Waals surface area contributed by atoms with E-state index in [1.54, 1.807) is 6.07 Å². The van der Waals surface area contributed by atoms with Gasteiger partial charge in [0.1, 0.15) is 12.4 Å². The van der Waals surface area contributed by atoms with Crippen LogP contribution in [0.4, 0.5) is 0 Å². The predicted molar refractivity (Wildman–Crippen MR) is 140 cm³/mol. The van der Waals surface area contributed by atoms with Crippen LogP contribution in [0.25, 0.3) is 0 Å². The molecule has 3 N–H and O–H groups in total. The summed E-state index contributed by atoms with van der Waals surface area (Å²) in [4.78, 5) is 29.1. The zero-order chi connectivity index (χ0) is 26.6. The highest BCUT2D eigenvalue weighted by atomic mass is 35.5. The van der Waals surface area contributed by atoms with Crippen molar-refractivity contribution in [1.29, 1.82) is 0 Å². The van der Waals surface area contributed by atoms with Gasteiger partial charge in [-0.1, -0.05) is 46.6 Å². The molecular formula is C26H30Cl2N4O5. The molecule has 0 unspecified atom stereocenters. The lowest BCUT2D eigenvalue weighted by atomic mass is 10.0. The molecule has 1 aromatic heterocycles. The smallest absolute Gasteiger partial charge is 0.246 e. The zero-order valence-corrected chi connectivity index (χ0v) is 22.1. The van der Waals surface area contributed by atoms with Crippen molar-refractivity contribution in [3.63, 3.8) is 0 Å². The molecule has 0 aliphatic heterocycles. The van der Waals surface area contributed by atoms with E-state index in [4.69, 9.17) is 42.9 Å². The first-order valence-electron chi connectivity index (χ1n) is 11.9. The second-order valence-corrected chi connectivity index (χ2v) is 9.20. The maximum Gasteiger partial charge on any atom is 0.246 e. The molecule has 1 amide bonds. The van der Waals surface area contributed by atoms with Crippen LogP contribution in [0.3, 0.4) is 0 Å². The Hall–Kier alpha value is -2.98. The van der Waals surface area contributed by atoms with E-state index < -0.39 is 17.7 Å². The number of unbranched alkanes of at least 4 members (excludes halogenated alkanes) is 1. The maximum atomic E-state index is 12.9. The van der Waals surface area contributed by atoms with Crippen LogP contribution in [-0.2, 0) is 22.4 Å². The number of aromatic nitrogens is 2. The fourth-order valence-electron chi connectivity index (χ4n) is 3.57. The average molecular weight is 549 g/mol. The first-order chi connectivity index (χ1) is 17.9. The van der Waals surface area contributed by atoms with Crippen molar-refractivity contribution >= 4 is 34.9 Å². The van der Waals surface area contributed by atoms with Crippen LogP contribution < -0.4 is 15.8 Å². The lowest BCUT2D eigenvalue weighted by Gasteiger charge is -2.15. The largest absolute Gasteiger partial charge is 0.493 e. The molecule has 0 fully saturated rings. The Labute approximate surface area is 225 Å². The first-order valence-corrected chi connectivity index (χ1v) is 12.7. The van der Waals surface area contributed by atoms with Gasteiger partial charge in [0.15, 0.2) is 0 Å². The van der Waals surface area contributed by atoms with Crippen molar-refractivity contribution in [3.8, 4) is 5.75 Å². The van der Waals surface area contributed by atoms with E-state index in [0.29, 0.717) is 54.8 Å². The van der Waals surface area contributed by atoms with Gasteiger partial charge in [-0.05, 0) is 61.2 Å². The molecule has 0 aliphatic rings. The number of hydrogen-bond acceptors (Lipinski definition) is 8. The summed E-state index contributed by atoms with van der Waals surface area (Å²) in [5, 5.41) is 7.54. The molecule has 0 saturated carbocycles. The molecule has 11 heteroatoms. The van der Waals surface area contributed by atoms with Gasteiger partial charge in [0.25, 0.3) is 0 Å². The number of amides is 1. The van der Waals surface area contributed by atoms with Crippen LogP contribution in [0.15, 0.2) is 47.0 Å². The van der Waals surface area contributed by atoms with Gasteiger partial charge >= 0.3 is 0 Å². The molecule has 2 aromatic carbocycles. The average Bonchev–Trinajstić information content (AvgIpc) is 3.35. The van der Waals surface area contributed by atoms with Crippen LogP contribution in [0.5, 0.6) is 5.75 Å². The van der Waals surface area contributed by atoms with Gasteiger partial charge in [0.2, 0.25) is 23.4 Å². The maximum absolute atomic E-state index is 12.9. The summed E-state index contributed by atoms with van der Waals surface area (Å²) in [6, 6.07) is 12.2. The Balaban J connectivity index is 1.54. The summed E-state index contributed by atoms with van der Waals surface area (Å²) >= 11 is 12.0.